The minimum absolute atomic E-state index is 0.00495. The summed E-state index contributed by atoms with van der Waals surface area (Å²) in [6.45, 7) is 3.94. The minimum Gasteiger partial charge on any atom is -0.480 e. The Balaban J connectivity index is 1.89. The van der Waals surface area contributed by atoms with Crippen molar-refractivity contribution in [3.8, 4) is 0 Å². The molecule has 0 spiro atoms. The largest absolute Gasteiger partial charge is 0.480 e. The Morgan fingerprint density at radius 3 is 2.37 bits per heavy atom. The molecule has 19 heavy (non-hydrogen) atoms. The molecule has 0 aliphatic carbocycles. The van der Waals surface area contributed by atoms with E-state index in [1.54, 1.807) is 11.8 Å². The molecule has 0 aromatic heterocycles. The number of carboxylic acid groups (broad SMARTS) is 1. The van der Waals surface area contributed by atoms with E-state index in [0.29, 0.717) is 19.1 Å². The van der Waals surface area contributed by atoms with Gasteiger partial charge in [-0.05, 0) is 39.2 Å². The predicted octanol–water partition coefficient (Wildman–Crippen LogP) is -0.126. The van der Waals surface area contributed by atoms with Gasteiger partial charge in [-0.3, -0.25) is 14.5 Å². The average Bonchev–Trinajstić information content (AvgIpc) is 2.87. The zero-order valence-corrected chi connectivity index (χ0v) is 11.4. The van der Waals surface area contributed by atoms with Gasteiger partial charge in [0.1, 0.15) is 6.04 Å². The van der Waals surface area contributed by atoms with Crippen molar-refractivity contribution in [3.63, 3.8) is 0 Å². The Morgan fingerprint density at radius 1 is 1.21 bits per heavy atom. The molecule has 2 aliphatic heterocycles. The molecule has 2 heterocycles. The van der Waals surface area contributed by atoms with Crippen LogP contribution in [0.5, 0.6) is 0 Å². The van der Waals surface area contributed by atoms with Gasteiger partial charge in [-0.25, -0.2) is 0 Å². The highest BCUT2D eigenvalue weighted by Crippen LogP contribution is 2.26. The fraction of sp³-hybridized carbons (Fsp3) is 0.846. The van der Waals surface area contributed by atoms with Gasteiger partial charge in [0, 0.05) is 19.1 Å². The van der Waals surface area contributed by atoms with Crippen molar-refractivity contribution in [3.05, 3.63) is 0 Å². The summed E-state index contributed by atoms with van der Waals surface area (Å²) in [5, 5.41) is 9.20. The molecule has 2 saturated heterocycles. The highest BCUT2D eigenvalue weighted by Gasteiger charge is 2.37. The first-order chi connectivity index (χ1) is 9.00. The number of likely N-dealkylation sites (tertiary alicyclic amines) is 2. The first kappa shape index (κ1) is 14.3. The van der Waals surface area contributed by atoms with E-state index in [1.165, 1.54) is 0 Å². The molecule has 0 bridgehead atoms. The van der Waals surface area contributed by atoms with E-state index in [-0.39, 0.29) is 11.9 Å². The van der Waals surface area contributed by atoms with Crippen molar-refractivity contribution < 1.29 is 14.7 Å². The minimum atomic E-state index is -0.716. The number of carbonyl (C=O) groups is 2. The van der Waals surface area contributed by atoms with Crippen LogP contribution in [0.3, 0.4) is 0 Å². The molecule has 0 saturated carbocycles. The maximum absolute atomic E-state index is 11.8. The molecule has 2 rings (SSSR count). The number of carboxylic acids is 1. The summed E-state index contributed by atoms with van der Waals surface area (Å²) in [5.41, 5.74) is 5.61. The second-order valence-corrected chi connectivity index (χ2v) is 5.58. The van der Waals surface area contributed by atoms with E-state index < -0.39 is 12.0 Å². The molecule has 6 heteroatoms. The first-order valence-electron chi connectivity index (χ1n) is 7.03. The lowest BCUT2D eigenvalue weighted by Crippen LogP contribution is -2.52. The molecular weight excluding hydrogens is 246 g/mol. The van der Waals surface area contributed by atoms with E-state index in [2.05, 4.69) is 4.90 Å². The summed E-state index contributed by atoms with van der Waals surface area (Å²) in [7, 11) is 0. The van der Waals surface area contributed by atoms with Crippen LogP contribution < -0.4 is 5.73 Å². The summed E-state index contributed by atoms with van der Waals surface area (Å²) in [6, 6.07) is -0.489. The second-order valence-electron chi connectivity index (χ2n) is 5.58. The van der Waals surface area contributed by atoms with Crippen molar-refractivity contribution in [2.75, 3.05) is 19.6 Å². The molecular formula is C13H23N3O3. The lowest BCUT2D eigenvalue weighted by atomic mass is 10.0. The number of nitrogens with zero attached hydrogens (tertiary/aromatic N) is 2. The van der Waals surface area contributed by atoms with Crippen LogP contribution in [0, 0.1) is 0 Å². The lowest BCUT2D eigenvalue weighted by molar-refractivity contribution is -0.144. The van der Waals surface area contributed by atoms with E-state index >= 15 is 0 Å². The van der Waals surface area contributed by atoms with Gasteiger partial charge in [-0.15, -0.1) is 0 Å². The van der Waals surface area contributed by atoms with Gasteiger partial charge in [0.05, 0.1) is 6.04 Å². The Labute approximate surface area is 113 Å². The molecule has 6 nitrogen and oxygen atoms in total. The number of hydrogen-bond donors (Lipinski definition) is 2. The molecule has 1 amide bonds. The Morgan fingerprint density at radius 2 is 1.84 bits per heavy atom. The van der Waals surface area contributed by atoms with Gasteiger partial charge in [0.25, 0.3) is 0 Å². The smallest absolute Gasteiger partial charge is 0.320 e. The van der Waals surface area contributed by atoms with Gasteiger partial charge < -0.3 is 15.7 Å². The number of piperidine rings is 1. The van der Waals surface area contributed by atoms with E-state index in [1.807, 2.05) is 0 Å². The Kier molecular flexibility index (Phi) is 4.42. The van der Waals surface area contributed by atoms with Crippen LogP contribution in [-0.2, 0) is 9.59 Å². The van der Waals surface area contributed by atoms with Gasteiger partial charge >= 0.3 is 5.97 Å². The van der Waals surface area contributed by atoms with Gasteiger partial charge in [0.15, 0.2) is 0 Å². The predicted molar refractivity (Wildman–Crippen MR) is 70.6 cm³/mol. The number of rotatable bonds is 3. The number of carbonyl (C=O) groups excluding carboxylic acids is 1. The fourth-order valence-electron chi connectivity index (χ4n) is 3.20. The number of aliphatic carboxylic acids is 1. The van der Waals surface area contributed by atoms with Crippen molar-refractivity contribution in [2.24, 2.45) is 5.73 Å². The zero-order valence-electron chi connectivity index (χ0n) is 11.4. The topological polar surface area (TPSA) is 86.9 Å². The fourth-order valence-corrected chi connectivity index (χ4v) is 3.20. The summed E-state index contributed by atoms with van der Waals surface area (Å²) >= 11 is 0. The van der Waals surface area contributed by atoms with Crippen molar-refractivity contribution in [2.45, 2.75) is 50.7 Å². The standard InChI is InChI=1S/C13H23N3O3/c1-9(14)12(17)15-7-4-10(5-8-15)16-6-2-3-11(16)13(18)19/h9-11H,2-8,14H2,1H3,(H,18,19)/t9-,11?/m1/s1. The molecule has 1 unspecified atom stereocenters. The van der Waals surface area contributed by atoms with Crippen LogP contribution in [-0.4, -0.2) is 64.5 Å². The molecule has 0 radical (unpaired) electrons. The molecule has 2 fully saturated rings. The quantitative estimate of drug-likeness (QED) is 0.745. The highest BCUT2D eigenvalue weighted by molar-refractivity contribution is 5.81. The number of nitrogens with two attached hydrogens (primary N) is 1. The summed E-state index contributed by atoms with van der Waals surface area (Å²) in [4.78, 5) is 26.9. The second kappa shape index (κ2) is 5.88. The molecule has 0 aromatic rings. The van der Waals surface area contributed by atoms with Crippen LogP contribution in [0.1, 0.15) is 32.6 Å². The highest BCUT2D eigenvalue weighted by atomic mass is 16.4. The van der Waals surface area contributed by atoms with Crippen molar-refractivity contribution >= 4 is 11.9 Å². The maximum atomic E-state index is 11.8. The monoisotopic (exact) mass is 269 g/mol. The van der Waals surface area contributed by atoms with Crippen molar-refractivity contribution in [1.82, 2.24) is 9.80 Å². The molecule has 0 aromatic carbocycles. The third kappa shape index (κ3) is 3.06. The first-order valence-corrected chi connectivity index (χ1v) is 7.03. The third-order valence-corrected chi connectivity index (χ3v) is 4.21. The van der Waals surface area contributed by atoms with Crippen LogP contribution in [0.25, 0.3) is 0 Å². The van der Waals surface area contributed by atoms with E-state index in [9.17, 15) is 14.7 Å². The van der Waals surface area contributed by atoms with Crippen molar-refractivity contribution in [1.29, 1.82) is 0 Å². The van der Waals surface area contributed by atoms with E-state index in [4.69, 9.17) is 5.73 Å². The van der Waals surface area contributed by atoms with Crippen LogP contribution in [0.4, 0.5) is 0 Å². The molecule has 2 aliphatic rings. The number of hydrogen-bond acceptors (Lipinski definition) is 4. The molecule has 2 atom stereocenters. The Hall–Kier alpha value is -1.14. The SMILES string of the molecule is C[C@@H](N)C(=O)N1CCC(N2CCCC2C(=O)O)CC1. The lowest BCUT2D eigenvalue weighted by Gasteiger charge is -2.38. The van der Waals surface area contributed by atoms with Gasteiger partial charge in [-0.2, -0.15) is 0 Å². The Bertz CT molecular complexity index is 351. The van der Waals surface area contributed by atoms with Crippen LogP contribution in [0.2, 0.25) is 0 Å². The van der Waals surface area contributed by atoms with Crippen LogP contribution in [0.15, 0.2) is 0 Å². The average molecular weight is 269 g/mol. The summed E-state index contributed by atoms with van der Waals surface area (Å²) in [5.74, 6) is -0.721. The summed E-state index contributed by atoms with van der Waals surface area (Å²) in [6.07, 6.45) is 3.40. The van der Waals surface area contributed by atoms with Crippen LogP contribution >= 0.6 is 0 Å². The maximum Gasteiger partial charge on any atom is 0.320 e. The summed E-state index contributed by atoms with van der Waals surface area (Å²) < 4.78 is 0. The van der Waals surface area contributed by atoms with E-state index in [0.717, 1.165) is 32.2 Å². The van der Waals surface area contributed by atoms with Gasteiger partial charge in [-0.1, -0.05) is 0 Å². The van der Waals surface area contributed by atoms with Gasteiger partial charge in [0.2, 0.25) is 5.91 Å². The third-order valence-electron chi connectivity index (χ3n) is 4.21. The number of amides is 1. The molecule has 108 valence electrons. The normalized spacial score (nSPS) is 27.5. The zero-order chi connectivity index (χ0) is 14.0. The molecule has 3 N–H and O–H groups in total.